The smallest absolute Gasteiger partial charge is 0.210 e. The van der Waals surface area contributed by atoms with E-state index in [1.807, 2.05) is 31.2 Å². The fourth-order valence-corrected chi connectivity index (χ4v) is 4.71. The van der Waals surface area contributed by atoms with Crippen molar-refractivity contribution in [2.75, 3.05) is 11.9 Å². The molecule has 0 saturated carbocycles. The van der Waals surface area contributed by atoms with Gasteiger partial charge >= 0.3 is 0 Å². The Morgan fingerprint density at radius 3 is 2.43 bits per heavy atom. The molecule has 0 radical (unpaired) electrons. The van der Waals surface area contributed by atoms with Gasteiger partial charge in [0.05, 0.1) is 22.7 Å². The van der Waals surface area contributed by atoms with Crippen molar-refractivity contribution in [1.29, 1.82) is 0 Å². The van der Waals surface area contributed by atoms with E-state index in [9.17, 15) is 8.42 Å². The molecule has 4 rings (SSSR count). The molecular formula is C23H19ClN2O3S. The van der Waals surface area contributed by atoms with Gasteiger partial charge in [0, 0.05) is 22.3 Å². The van der Waals surface area contributed by atoms with Crippen LogP contribution in [0.2, 0.25) is 5.02 Å². The summed E-state index contributed by atoms with van der Waals surface area (Å²) in [5, 5.41) is 4.37. The number of nitrogens with one attached hydrogen (secondary N) is 1. The van der Waals surface area contributed by atoms with Gasteiger partial charge in [0.25, 0.3) is 0 Å². The van der Waals surface area contributed by atoms with Crippen molar-refractivity contribution in [3.8, 4) is 5.75 Å². The largest absolute Gasteiger partial charge is 0.494 e. The molecule has 0 spiro atoms. The van der Waals surface area contributed by atoms with Gasteiger partial charge in [0.2, 0.25) is 9.84 Å². The summed E-state index contributed by atoms with van der Waals surface area (Å²) >= 11 is 6.21. The van der Waals surface area contributed by atoms with Gasteiger partial charge in [-0.3, -0.25) is 4.98 Å². The maximum Gasteiger partial charge on any atom is 0.210 e. The highest BCUT2D eigenvalue weighted by Crippen LogP contribution is 2.36. The number of pyridine rings is 1. The van der Waals surface area contributed by atoms with Crippen molar-refractivity contribution >= 4 is 43.7 Å². The van der Waals surface area contributed by atoms with Gasteiger partial charge < -0.3 is 10.1 Å². The number of benzene rings is 3. The molecule has 152 valence electrons. The predicted molar refractivity (Wildman–Crippen MR) is 120 cm³/mol. The minimum atomic E-state index is -3.80. The molecule has 5 nitrogen and oxygen atoms in total. The van der Waals surface area contributed by atoms with Crippen molar-refractivity contribution in [3.05, 3.63) is 84.0 Å². The Bertz CT molecular complexity index is 1290. The fraction of sp³-hybridized carbons (Fsp3) is 0.0870. The van der Waals surface area contributed by atoms with Crippen LogP contribution in [0.15, 0.2) is 88.8 Å². The first-order valence-electron chi connectivity index (χ1n) is 9.37. The van der Waals surface area contributed by atoms with E-state index < -0.39 is 9.84 Å². The zero-order valence-electron chi connectivity index (χ0n) is 16.2. The summed E-state index contributed by atoms with van der Waals surface area (Å²) in [6.45, 7) is 2.49. The standard InChI is InChI=1S/C23H19ClN2O3S/c1-2-29-18-11-9-17(10-12-18)26-23-20-14-16(24)8-13-21(20)25-15-22(23)30(27,28)19-6-4-3-5-7-19/h3-15H,2H2,1H3,(H,25,26). The first-order valence-corrected chi connectivity index (χ1v) is 11.2. The second kappa shape index (κ2) is 8.34. The average molecular weight is 439 g/mol. The van der Waals surface area contributed by atoms with E-state index in [-0.39, 0.29) is 9.79 Å². The summed E-state index contributed by atoms with van der Waals surface area (Å²) in [5.74, 6) is 0.739. The second-order valence-electron chi connectivity index (χ2n) is 6.56. The topological polar surface area (TPSA) is 68.3 Å². The minimum absolute atomic E-state index is 0.0809. The summed E-state index contributed by atoms with van der Waals surface area (Å²) in [7, 11) is -3.80. The van der Waals surface area contributed by atoms with Crippen LogP contribution < -0.4 is 10.1 Å². The van der Waals surface area contributed by atoms with Crippen LogP contribution in [0.4, 0.5) is 11.4 Å². The Morgan fingerprint density at radius 1 is 1.00 bits per heavy atom. The molecule has 0 saturated heterocycles. The molecule has 7 heteroatoms. The van der Waals surface area contributed by atoms with Crippen molar-refractivity contribution < 1.29 is 13.2 Å². The van der Waals surface area contributed by atoms with Gasteiger partial charge in [0.15, 0.2) is 0 Å². The lowest BCUT2D eigenvalue weighted by atomic mass is 10.1. The van der Waals surface area contributed by atoms with Crippen LogP contribution in [0.25, 0.3) is 10.9 Å². The number of anilines is 2. The summed E-state index contributed by atoms with van der Waals surface area (Å²) in [5.41, 5.74) is 1.78. The Morgan fingerprint density at radius 2 is 1.73 bits per heavy atom. The highest BCUT2D eigenvalue weighted by molar-refractivity contribution is 7.91. The molecule has 0 atom stereocenters. The van der Waals surface area contributed by atoms with Crippen LogP contribution in [0.3, 0.4) is 0 Å². The van der Waals surface area contributed by atoms with Gasteiger partial charge in [-0.15, -0.1) is 0 Å². The van der Waals surface area contributed by atoms with E-state index in [1.165, 1.54) is 6.20 Å². The number of sulfone groups is 1. The van der Waals surface area contributed by atoms with E-state index >= 15 is 0 Å². The fourth-order valence-electron chi connectivity index (χ4n) is 3.15. The van der Waals surface area contributed by atoms with Crippen LogP contribution in [-0.2, 0) is 9.84 Å². The third-order valence-electron chi connectivity index (χ3n) is 4.57. The van der Waals surface area contributed by atoms with Crippen molar-refractivity contribution in [2.45, 2.75) is 16.7 Å². The lowest BCUT2D eigenvalue weighted by Crippen LogP contribution is -2.07. The SMILES string of the molecule is CCOc1ccc(Nc2c(S(=O)(=O)c3ccccc3)cnc3ccc(Cl)cc23)cc1. The number of halogens is 1. The molecule has 3 aromatic carbocycles. The van der Waals surface area contributed by atoms with Crippen LogP contribution in [0.1, 0.15) is 6.92 Å². The van der Waals surface area contributed by atoms with Crippen LogP contribution in [0.5, 0.6) is 5.75 Å². The first kappa shape index (κ1) is 20.2. The second-order valence-corrected chi connectivity index (χ2v) is 8.91. The zero-order valence-corrected chi connectivity index (χ0v) is 17.7. The molecule has 0 aliphatic heterocycles. The summed E-state index contributed by atoms with van der Waals surface area (Å²) in [4.78, 5) is 4.64. The number of rotatable bonds is 6. The van der Waals surface area contributed by atoms with Crippen LogP contribution in [-0.4, -0.2) is 20.0 Å². The highest BCUT2D eigenvalue weighted by Gasteiger charge is 2.24. The molecule has 0 unspecified atom stereocenters. The molecular weight excluding hydrogens is 420 g/mol. The van der Waals surface area contributed by atoms with E-state index in [2.05, 4.69) is 10.3 Å². The lowest BCUT2D eigenvalue weighted by Gasteiger charge is -2.16. The maximum absolute atomic E-state index is 13.4. The molecule has 0 bridgehead atoms. The molecule has 1 heterocycles. The molecule has 0 amide bonds. The maximum atomic E-state index is 13.4. The number of nitrogens with zero attached hydrogens (tertiary/aromatic N) is 1. The van der Waals surface area contributed by atoms with Crippen molar-refractivity contribution in [1.82, 2.24) is 4.98 Å². The third kappa shape index (κ3) is 3.97. The van der Waals surface area contributed by atoms with Crippen molar-refractivity contribution in [2.24, 2.45) is 0 Å². The highest BCUT2D eigenvalue weighted by atomic mass is 35.5. The predicted octanol–water partition coefficient (Wildman–Crippen LogP) is 5.86. The van der Waals surface area contributed by atoms with E-state index in [0.717, 1.165) is 11.4 Å². The van der Waals surface area contributed by atoms with Crippen molar-refractivity contribution in [3.63, 3.8) is 0 Å². The molecule has 1 aromatic heterocycles. The quantitative estimate of drug-likeness (QED) is 0.408. The van der Waals surface area contributed by atoms with E-state index in [1.54, 1.807) is 48.5 Å². The Hall–Kier alpha value is -3.09. The monoisotopic (exact) mass is 438 g/mol. The van der Waals surface area contributed by atoms with Gasteiger partial charge in [-0.1, -0.05) is 29.8 Å². The molecule has 0 aliphatic rings. The molecule has 30 heavy (non-hydrogen) atoms. The number of ether oxygens (including phenoxy) is 1. The Kier molecular flexibility index (Phi) is 5.61. The van der Waals surface area contributed by atoms with Gasteiger partial charge in [0.1, 0.15) is 10.6 Å². The minimum Gasteiger partial charge on any atom is -0.494 e. The molecule has 1 N–H and O–H groups in total. The summed E-state index contributed by atoms with van der Waals surface area (Å²) in [6.07, 6.45) is 1.38. The summed E-state index contributed by atoms with van der Waals surface area (Å²) < 4.78 is 32.2. The lowest BCUT2D eigenvalue weighted by molar-refractivity contribution is 0.340. The van der Waals surface area contributed by atoms with Gasteiger partial charge in [-0.05, 0) is 61.5 Å². The molecule has 0 fully saturated rings. The van der Waals surface area contributed by atoms with Gasteiger partial charge in [-0.25, -0.2) is 8.42 Å². The number of hydrogen-bond acceptors (Lipinski definition) is 5. The van der Waals surface area contributed by atoms with E-state index in [0.29, 0.717) is 28.2 Å². The molecule has 4 aromatic rings. The summed E-state index contributed by atoms with van der Waals surface area (Å²) in [6, 6.07) is 20.8. The Balaban J connectivity index is 1.89. The third-order valence-corrected chi connectivity index (χ3v) is 6.59. The average Bonchev–Trinajstić information content (AvgIpc) is 2.76. The number of aromatic nitrogens is 1. The first-order chi connectivity index (χ1) is 14.5. The number of hydrogen-bond donors (Lipinski definition) is 1. The Labute approximate surface area is 180 Å². The van der Waals surface area contributed by atoms with Crippen LogP contribution in [0, 0.1) is 0 Å². The van der Waals surface area contributed by atoms with E-state index in [4.69, 9.17) is 16.3 Å². The van der Waals surface area contributed by atoms with Gasteiger partial charge in [-0.2, -0.15) is 0 Å². The normalized spacial score (nSPS) is 11.4. The molecule has 0 aliphatic carbocycles. The van der Waals surface area contributed by atoms with Crippen LogP contribution >= 0.6 is 11.6 Å². The zero-order chi connectivity index (χ0) is 21.1. The number of fused-ring (bicyclic) bond motifs is 1.